The van der Waals surface area contributed by atoms with Crippen molar-refractivity contribution < 1.29 is 19.3 Å². The zero-order valence-electron chi connectivity index (χ0n) is 9.05. The van der Waals surface area contributed by atoms with E-state index in [-0.39, 0.29) is 11.9 Å². The van der Waals surface area contributed by atoms with Crippen LogP contribution < -0.4 is 0 Å². The second-order valence-corrected chi connectivity index (χ2v) is 4.59. The number of imide groups is 1. The number of carbonyl (C=O) groups is 2. The maximum Gasteiger partial charge on any atom is 0.389 e. The summed E-state index contributed by atoms with van der Waals surface area (Å²) in [5.41, 5.74) is 0. The van der Waals surface area contributed by atoms with Crippen LogP contribution in [0.2, 0.25) is 0 Å². The minimum Gasteiger partial charge on any atom is -0.264 e. The molecule has 9 heteroatoms. The van der Waals surface area contributed by atoms with Crippen LogP contribution in [0.4, 0.5) is 9.59 Å². The van der Waals surface area contributed by atoms with Crippen LogP contribution in [0.1, 0.15) is 6.92 Å². The number of hydroxylamine groups is 3. The molecule has 0 N–H and O–H groups in total. The van der Waals surface area contributed by atoms with Gasteiger partial charge in [0, 0.05) is 5.38 Å². The van der Waals surface area contributed by atoms with Gasteiger partial charge in [-0.15, -0.1) is 21.1 Å². The highest BCUT2D eigenvalue weighted by Gasteiger charge is 2.40. The normalized spacial score (nSPS) is 19.4. The van der Waals surface area contributed by atoms with Crippen LogP contribution in [0.3, 0.4) is 0 Å². The molecule has 0 radical (unpaired) electrons. The van der Waals surface area contributed by atoms with E-state index in [1.807, 2.05) is 0 Å². The van der Waals surface area contributed by atoms with E-state index < -0.39 is 12.1 Å². The lowest BCUT2D eigenvalue weighted by Crippen LogP contribution is -2.54. The van der Waals surface area contributed by atoms with Crippen molar-refractivity contribution in [3.63, 3.8) is 0 Å². The summed E-state index contributed by atoms with van der Waals surface area (Å²) < 4.78 is 2.19. The summed E-state index contributed by atoms with van der Waals surface area (Å²) in [6.45, 7) is 2.00. The van der Waals surface area contributed by atoms with Crippen molar-refractivity contribution in [2.45, 2.75) is 12.3 Å². The molecular formula is C7H12ClN3O4S. The number of urea groups is 2. The van der Waals surface area contributed by atoms with Crippen LogP contribution in [-0.2, 0) is 9.68 Å². The van der Waals surface area contributed by atoms with Crippen molar-refractivity contribution in [1.29, 1.82) is 0 Å². The van der Waals surface area contributed by atoms with E-state index in [1.165, 1.54) is 18.5 Å². The van der Waals surface area contributed by atoms with Gasteiger partial charge in [0.25, 0.3) is 0 Å². The third-order valence-electron chi connectivity index (χ3n) is 1.66. The number of hydrogen-bond donors (Lipinski definition) is 0. The molecule has 0 aliphatic carbocycles. The summed E-state index contributed by atoms with van der Waals surface area (Å²) in [7, 11) is 2.54. The van der Waals surface area contributed by atoms with Crippen LogP contribution in [0, 0.1) is 0 Å². The number of carbonyl (C=O) groups excluding carboxylic acids is 2. The molecule has 7 nitrogen and oxygen atoms in total. The third-order valence-corrected chi connectivity index (χ3v) is 2.75. The lowest BCUT2D eigenvalue weighted by Gasteiger charge is -2.36. The van der Waals surface area contributed by atoms with Crippen LogP contribution in [0.5, 0.6) is 0 Å². The first-order valence-electron chi connectivity index (χ1n) is 4.37. The van der Waals surface area contributed by atoms with Gasteiger partial charge in [0.15, 0.2) is 0 Å². The predicted molar refractivity (Wildman–Crippen MR) is 58.1 cm³/mol. The summed E-state index contributed by atoms with van der Waals surface area (Å²) >= 11 is 6.62. The van der Waals surface area contributed by atoms with Gasteiger partial charge in [-0.1, -0.05) is 0 Å². The Kier molecular flexibility index (Phi) is 4.66. The monoisotopic (exact) mass is 269 g/mol. The van der Waals surface area contributed by atoms with Gasteiger partial charge in [-0.3, -0.25) is 9.68 Å². The van der Waals surface area contributed by atoms with E-state index in [0.29, 0.717) is 5.06 Å². The average Bonchev–Trinajstić information content (AvgIpc) is 2.22. The highest BCUT2D eigenvalue weighted by Crippen LogP contribution is 2.27. The summed E-state index contributed by atoms with van der Waals surface area (Å²) in [6.07, 6.45) is 0. The molecule has 1 fully saturated rings. The molecule has 0 aromatic rings. The maximum absolute atomic E-state index is 11.7. The Morgan fingerprint density at radius 3 is 2.38 bits per heavy atom. The van der Waals surface area contributed by atoms with Crippen LogP contribution in [0.25, 0.3) is 0 Å². The van der Waals surface area contributed by atoms with Crippen LogP contribution in [-0.4, -0.2) is 52.0 Å². The summed E-state index contributed by atoms with van der Waals surface area (Å²) in [5, 5.41) is 0.348. The van der Waals surface area contributed by atoms with Gasteiger partial charge in [0.2, 0.25) is 0 Å². The second-order valence-electron chi connectivity index (χ2n) is 2.91. The quantitative estimate of drug-likeness (QED) is 0.571. The maximum atomic E-state index is 11.7. The van der Waals surface area contributed by atoms with Gasteiger partial charge in [0.05, 0.1) is 20.8 Å². The molecule has 1 rings (SSSR count). The van der Waals surface area contributed by atoms with Crippen molar-refractivity contribution in [3.8, 4) is 0 Å². The molecule has 4 amide bonds. The fraction of sp³-hybridized carbons (Fsp3) is 0.714. The molecule has 0 spiro atoms. The largest absolute Gasteiger partial charge is 0.389 e. The first kappa shape index (κ1) is 13.4. The Labute approximate surface area is 102 Å². The molecule has 16 heavy (non-hydrogen) atoms. The van der Waals surface area contributed by atoms with Crippen molar-refractivity contribution in [2.24, 2.45) is 0 Å². The number of amides is 4. The number of nitrogens with zero attached hydrogens (tertiary/aromatic N) is 3. The number of halogens is 1. The van der Waals surface area contributed by atoms with Crippen molar-refractivity contribution in [3.05, 3.63) is 0 Å². The molecule has 92 valence electrons. The minimum absolute atomic E-state index is 0.248. The Bertz CT molecular complexity index is 291. The standard InChI is InChI=1S/C7H12ClN3O4S/c1-5(8)4-9-6(12)10(14-2)7(13)11(15-3)16-9/h5H,4H2,1-3H3. The number of rotatable bonds is 4. The van der Waals surface area contributed by atoms with E-state index in [9.17, 15) is 9.59 Å². The zero-order valence-corrected chi connectivity index (χ0v) is 10.6. The van der Waals surface area contributed by atoms with E-state index in [2.05, 4.69) is 4.84 Å². The molecule has 0 aromatic carbocycles. The van der Waals surface area contributed by atoms with Crippen LogP contribution >= 0.6 is 23.7 Å². The summed E-state index contributed by atoms with van der Waals surface area (Å²) in [5.74, 6) is 0. The molecule has 1 unspecified atom stereocenters. The van der Waals surface area contributed by atoms with E-state index in [1.54, 1.807) is 6.92 Å². The van der Waals surface area contributed by atoms with Gasteiger partial charge in [-0.25, -0.2) is 13.9 Å². The zero-order chi connectivity index (χ0) is 12.3. The predicted octanol–water partition coefficient (Wildman–Crippen LogP) is 1.46. The Hall–Kier alpha value is -0.700. The minimum atomic E-state index is -0.696. The SMILES string of the molecule is CON1SN(CC(C)Cl)C(=O)N(OC)C1=O. The van der Waals surface area contributed by atoms with E-state index >= 15 is 0 Å². The Morgan fingerprint density at radius 1 is 1.31 bits per heavy atom. The highest BCUT2D eigenvalue weighted by atomic mass is 35.5. The molecule has 1 aliphatic rings. The first-order chi connectivity index (χ1) is 7.51. The van der Waals surface area contributed by atoms with Gasteiger partial charge in [0.1, 0.15) is 12.1 Å². The fourth-order valence-electron chi connectivity index (χ4n) is 1.02. The summed E-state index contributed by atoms with van der Waals surface area (Å²) in [6, 6.07) is -1.28. The van der Waals surface area contributed by atoms with Gasteiger partial charge in [-0.05, 0) is 6.92 Å². The van der Waals surface area contributed by atoms with Gasteiger partial charge in [-0.2, -0.15) is 0 Å². The molecule has 1 aliphatic heterocycles. The first-order valence-corrected chi connectivity index (χ1v) is 5.54. The number of alkyl halides is 1. The molecule has 0 saturated carbocycles. The molecule has 1 saturated heterocycles. The highest BCUT2D eigenvalue weighted by molar-refractivity contribution is 7.95. The average molecular weight is 270 g/mol. The molecule has 1 atom stereocenters. The molecular weight excluding hydrogens is 258 g/mol. The Morgan fingerprint density at radius 2 is 1.94 bits per heavy atom. The van der Waals surface area contributed by atoms with Crippen LogP contribution in [0.15, 0.2) is 0 Å². The molecule has 1 heterocycles. The smallest absolute Gasteiger partial charge is 0.264 e. The lowest BCUT2D eigenvalue weighted by atomic mass is 10.5. The molecule has 0 bridgehead atoms. The van der Waals surface area contributed by atoms with Crippen molar-refractivity contribution in [1.82, 2.24) is 13.8 Å². The van der Waals surface area contributed by atoms with Crippen molar-refractivity contribution >= 4 is 35.8 Å². The second kappa shape index (κ2) is 5.58. The lowest BCUT2D eigenvalue weighted by molar-refractivity contribution is -0.102. The van der Waals surface area contributed by atoms with Crippen molar-refractivity contribution in [2.75, 3.05) is 20.8 Å². The third kappa shape index (κ3) is 2.70. The fourth-order valence-corrected chi connectivity index (χ4v) is 2.07. The van der Waals surface area contributed by atoms with Gasteiger partial charge < -0.3 is 0 Å². The van der Waals surface area contributed by atoms with E-state index in [0.717, 1.165) is 16.6 Å². The summed E-state index contributed by atoms with van der Waals surface area (Å²) in [4.78, 5) is 32.7. The molecule has 0 aromatic heterocycles. The topological polar surface area (TPSA) is 62.3 Å². The Balaban J connectivity index is 2.80. The van der Waals surface area contributed by atoms with E-state index in [4.69, 9.17) is 16.4 Å². The number of hydrogen-bond acceptors (Lipinski definition) is 5. The van der Waals surface area contributed by atoms with Gasteiger partial charge >= 0.3 is 12.1 Å².